The van der Waals surface area contributed by atoms with E-state index in [1.54, 1.807) is 5.01 Å². The first-order valence-electron chi connectivity index (χ1n) is 15.3. The van der Waals surface area contributed by atoms with Crippen molar-refractivity contribution < 1.29 is 42.1 Å². The maximum Gasteiger partial charge on any atom is 0.514 e. The van der Waals surface area contributed by atoms with Crippen LogP contribution in [0.1, 0.15) is 58.9 Å². The molecular formula is C33H31F2N3O8S. The SMILES string of the molecule is COC(=O)C1(COC(=O)Oc2c3n(ccc2=O)N([C@@H]2c4ccccc4SCc4c2ccc(F)c4F)[C@@H]2COCCN2C3=O)CCCC1. The summed E-state index contributed by atoms with van der Waals surface area (Å²) in [6.07, 6.45) is 1.86. The average molecular weight is 668 g/mol. The molecule has 2 fully saturated rings. The molecule has 1 aromatic heterocycles. The fourth-order valence-electron chi connectivity index (χ4n) is 7.05. The molecule has 11 nitrogen and oxygen atoms in total. The number of halogens is 2. The van der Waals surface area contributed by atoms with Crippen molar-refractivity contribution >= 4 is 29.8 Å². The Kier molecular flexibility index (Phi) is 8.16. The van der Waals surface area contributed by atoms with Gasteiger partial charge in [0.25, 0.3) is 5.91 Å². The summed E-state index contributed by atoms with van der Waals surface area (Å²) < 4.78 is 53.0. The number of thioether (sulfide) groups is 1. The third-order valence-electron chi connectivity index (χ3n) is 9.36. The molecule has 14 heteroatoms. The molecule has 47 heavy (non-hydrogen) atoms. The summed E-state index contributed by atoms with van der Waals surface area (Å²) in [6.45, 7) is 0.142. The van der Waals surface area contributed by atoms with Crippen LogP contribution in [0.5, 0.6) is 5.75 Å². The molecule has 0 spiro atoms. The number of fused-ring (bicyclic) bond motifs is 4. The number of morpholine rings is 1. The Bertz CT molecular complexity index is 1830. The molecule has 2 atom stereocenters. The predicted molar refractivity (Wildman–Crippen MR) is 164 cm³/mol. The van der Waals surface area contributed by atoms with Gasteiger partial charge in [-0.2, -0.15) is 0 Å². The van der Waals surface area contributed by atoms with E-state index >= 15 is 4.39 Å². The van der Waals surface area contributed by atoms with Gasteiger partial charge in [0.2, 0.25) is 11.2 Å². The Morgan fingerprint density at radius 2 is 1.85 bits per heavy atom. The summed E-state index contributed by atoms with van der Waals surface area (Å²) in [5.41, 5.74) is -0.599. The molecule has 1 amide bonds. The minimum absolute atomic E-state index is 0.0793. The molecule has 4 aliphatic rings. The van der Waals surface area contributed by atoms with Crippen LogP contribution < -0.4 is 15.2 Å². The van der Waals surface area contributed by atoms with Gasteiger partial charge in [0, 0.05) is 35.0 Å². The normalized spacial score (nSPS) is 21.1. The van der Waals surface area contributed by atoms with Crippen LogP contribution in [0.4, 0.5) is 13.6 Å². The minimum atomic E-state index is -1.26. The number of amides is 1. The molecule has 3 aromatic rings. The van der Waals surface area contributed by atoms with Gasteiger partial charge >= 0.3 is 12.1 Å². The first-order valence-corrected chi connectivity index (χ1v) is 16.3. The number of carbonyl (C=O) groups excluding carboxylic acids is 3. The van der Waals surface area contributed by atoms with E-state index in [1.807, 2.05) is 24.3 Å². The monoisotopic (exact) mass is 667 g/mol. The van der Waals surface area contributed by atoms with Crippen molar-refractivity contribution in [3.05, 3.63) is 92.9 Å². The molecule has 0 N–H and O–H groups in total. The third-order valence-corrected chi connectivity index (χ3v) is 10.5. The molecular weight excluding hydrogens is 636 g/mol. The zero-order valence-corrected chi connectivity index (χ0v) is 26.2. The second-order valence-corrected chi connectivity index (χ2v) is 12.9. The molecule has 246 valence electrons. The predicted octanol–water partition coefficient (Wildman–Crippen LogP) is 4.52. The quantitative estimate of drug-likeness (QED) is 0.360. The third kappa shape index (κ3) is 5.23. The fraction of sp³-hybridized carbons (Fsp3) is 0.394. The molecule has 1 saturated carbocycles. The van der Waals surface area contributed by atoms with Gasteiger partial charge in [-0.1, -0.05) is 37.1 Å². The molecule has 3 aliphatic heterocycles. The molecule has 0 bridgehead atoms. The van der Waals surface area contributed by atoms with E-state index in [-0.39, 0.29) is 43.4 Å². The van der Waals surface area contributed by atoms with Crippen molar-refractivity contribution in [3.8, 4) is 5.75 Å². The van der Waals surface area contributed by atoms with Gasteiger partial charge in [-0.05, 0) is 36.1 Å². The Hall–Kier alpha value is -4.43. The smallest absolute Gasteiger partial charge is 0.468 e. The zero-order valence-electron chi connectivity index (χ0n) is 25.4. The highest BCUT2D eigenvalue weighted by Gasteiger charge is 2.47. The first-order chi connectivity index (χ1) is 22.7. The van der Waals surface area contributed by atoms with E-state index in [9.17, 15) is 23.6 Å². The Labute approximate surface area is 272 Å². The largest absolute Gasteiger partial charge is 0.514 e. The summed E-state index contributed by atoms with van der Waals surface area (Å²) in [5, 5.41) is 1.78. The molecule has 7 rings (SSSR count). The zero-order chi connectivity index (χ0) is 32.9. The van der Waals surface area contributed by atoms with Crippen molar-refractivity contribution in [2.24, 2.45) is 5.41 Å². The number of ether oxygens (including phenoxy) is 4. The van der Waals surface area contributed by atoms with Gasteiger partial charge in [-0.25, -0.2) is 13.6 Å². The summed E-state index contributed by atoms with van der Waals surface area (Å²) in [4.78, 5) is 55.4. The molecule has 2 aromatic carbocycles. The van der Waals surface area contributed by atoms with Crippen LogP contribution in [0, 0.1) is 17.0 Å². The molecule has 4 heterocycles. The second kappa shape index (κ2) is 12.3. The molecule has 0 unspecified atom stereocenters. The van der Waals surface area contributed by atoms with Gasteiger partial charge in [0.1, 0.15) is 18.2 Å². The topological polar surface area (TPSA) is 117 Å². The maximum absolute atomic E-state index is 15.4. The van der Waals surface area contributed by atoms with E-state index in [0.29, 0.717) is 18.4 Å². The number of rotatable bonds is 5. The number of nitrogens with zero attached hydrogens (tertiary/aromatic N) is 3. The van der Waals surface area contributed by atoms with Crippen LogP contribution in [0.25, 0.3) is 0 Å². The fourth-order valence-corrected chi connectivity index (χ4v) is 8.17. The first kappa shape index (κ1) is 31.2. The van der Waals surface area contributed by atoms with Gasteiger partial charge in [0.05, 0.1) is 26.4 Å². The number of hydrogen-bond acceptors (Lipinski definition) is 10. The number of hydrogen-bond donors (Lipinski definition) is 0. The number of carbonyl (C=O) groups is 3. The lowest BCUT2D eigenvalue weighted by Crippen LogP contribution is -2.66. The van der Waals surface area contributed by atoms with Crippen molar-refractivity contribution in [3.63, 3.8) is 0 Å². The highest BCUT2D eigenvalue weighted by Crippen LogP contribution is 2.45. The highest BCUT2D eigenvalue weighted by atomic mass is 32.2. The number of aromatic nitrogens is 1. The summed E-state index contributed by atoms with van der Waals surface area (Å²) in [6, 6.07) is 10.4. The van der Waals surface area contributed by atoms with Crippen molar-refractivity contribution in [2.75, 3.05) is 38.5 Å². The number of benzene rings is 2. The Balaban J connectivity index is 1.34. The van der Waals surface area contributed by atoms with E-state index in [0.717, 1.165) is 35.4 Å². The van der Waals surface area contributed by atoms with Gasteiger partial charge in [0.15, 0.2) is 17.3 Å². The Morgan fingerprint density at radius 1 is 1.06 bits per heavy atom. The second-order valence-electron chi connectivity index (χ2n) is 11.9. The average Bonchev–Trinajstić information content (AvgIpc) is 3.51. The van der Waals surface area contributed by atoms with Crippen molar-refractivity contribution in [1.29, 1.82) is 0 Å². The lowest BCUT2D eigenvalue weighted by Gasteiger charge is -2.51. The molecule has 1 saturated heterocycles. The van der Waals surface area contributed by atoms with E-state index in [2.05, 4.69) is 0 Å². The molecule has 1 aliphatic carbocycles. The van der Waals surface area contributed by atoms with E-state index in [1.165, 1.54) is 40.7 Å². The lowest BCUT2D eigenvalue weighted by atomic mass is 9.87. The number of methoxy groups -OCH3 is 1. The van der Waals surface area contributed by atoms with Crippen LogP contribution in [0.3, 0.4) is 0 Å². The highest BCUT2D eigenvalue weighted by molar-refractivity contribution is 7.98. The lowest BCUT2D eigenvalue weighted by molar-refractivity contribution is -0.155. The van der Waals surface area contributed by atoms with Crippen LogP contribution in [0.15, 0.2) is 58.4 Å². The van der Waals surface area contributed by atoms with Gasteiger partial charge < -0.3 is 23.8 Å². The van der Waals surface area contributed by atoms with Crippen LogP contribution in [-0.2, 0) is 24.8 Å². The van der Waals surface area contributed by atoms with E-state index in [4.69, 9.17) is 18.9 Å². The van der Waals surface area contributed by atoms with Crippen LogP contribution >= 0.6 is 11.8 Å². The van der Waals surface area contributed by atoms with E-state index < -0.39 is 58.5 Å². The standard InChI is InChI=1S/C33H31F2N3O8S/c1-43-31(41)33(11-4-5-12-33)18-45-32(42)46-29-23(39)10-13-37-28(29)30(40)36-14-15-44-16-25(36)38(37)27-19-8-9-22(34)26(35)21(19)17-47-24-7-3-2-6-20(24)27/h2-3,6-10,13,25,27H,4-5,11-12,14-18H2,1H3/t25-,27+/m1/s1. The number of pyridine rings is 1. The van der Waals surface area contributed by atoms with Crippen LogP contribution in [0.2, 0.25) is 0 Å². The van der Waals surface area contributed by atoms with Crippen molar-refractivity contribution in [2.45, 2.75) is 48.5 Å². The molecule has 0 radical (unpaired) electrons. The van der Waals surface area contributed by atoms with Gasteiger partial charge in [-0.3, -0.25) is 24.1 Å². The minimum Gasteiger partial charge on any atom is -0.468 e. The van der Waals surface area contributed by atoms with Crippen molar-refractivity contribution in [1.82, 2.24) is 9.58 Å². The van der Waals surface area contributed by atoms with Crippen LogP contribution in [-0.4, -0.2) is 67.2 Å². The maximum atomic E-state index is 15.4. The number of esters is 1. The van der Waals surface area contributed by atoms with Gasteiger partial charge in [-0.15, -0.1) is 11.8 Å². The Morgan fingerprint density at radius 3 is 2.64 bits per heavy atom. The summed E-state index contributed by atoms with van der Waals surface area (Å²) in [5.74, 6) is -3.42. The summed E-state index contributed by atoms with van der Waals surface area (Å²) >= 11 is 1.36. The summed E-state index contributed by atoms with van der Waals surface area (Å²) in [7, 11) is 1.27.